The number of para-hydroxylation sites is 1. The summed E-state index contributed by atoms with van der Waals surface area (Å²) in [4.78, 5) is 14.4. The summed E-state index contributed by atoms with van der Waals surface area (Å²) in [5.41, 5.74) is -0.193. The molecule has 1 aliphatic heterocycles. The van der Waals surface area contributed by atoms with Crippen LogP contribution in [0.5, 0.6) is 5.75 Å². The number of carbonyl (C=O) groups excluding carboxylic acids is 1. The third-order valence-corrected chi connectivity index (χ3v) is 3.91. The van der Waals surface area contributed by atoms with Crippen LogP contribution in [-0.2, 0) is 5.60 Å². The van der Waals surface area contributed by atoms with Crippen LogP contribution in [0.2, 0.25) is 0 Å². The van der Waals surface area contributed by atoms with Gasteiger partial charge in [0.05, 0.1) is 24.4 Å². The summed E-state index contributed by atoms with van der Waals surface area (Å²) in [6.07, 6.45) is 1.90. The lowest BCUT2D eigenvalue weighted by Crippen LogP contribution is -2.35. The van der Waals surface area contributed by atoms with E-state index in [0.29, 0.717) is 30.0 Å². The number of likely N-dealkylation sites (tertiary alicyclic amines) is 1. The zero-order chi connectivity index (χ0) is 16.4. The summed E-state index contributed by atoms with van der Waals surface area (Å²) in [6.45, 7) is 4.48. The molecule has 1 atom stereocenters. The third-order valence-electron chi connectivity index (χ3n) is 3.91. The summed E-state index contributed by atoms with van der Waals surface area (Å²) >= 11 is 0. The van der Waals surface area contributed by atoms with Gasteiger partial charge in [-0.1, -0.05) is 12.1 Å². The van der Waals surface area contributed by atoms with Crippen LogP contribution in [-0.4, -0.2) is 50.5 Å². The van der Waals surface area contributed by atoms with E-state index in [1.807, 2.05) is 19.9 Å². The number of hydrogen-bond donors (Lipinski definition) is 2. The molecule has 7 heteroatoms. The van der Waals surface area contributed by atoms with Crippen molar-refractivity contribution < 1.29 is 14.6 Å². The van der Waals surface area contributed by atoms with E-state index in [4.69, 9.17) is 4.74 Å². The fourth-order valence-corrected chi connectivity index (χ4v) is 2.77. The predicted molar refractivity (Wildman–Crippen MR) is 83.0 cm³/mol. The quantitative estimate of drug-likeness (QED) is 0.888. The molecule has 1 aromatic carbocycles. The number of β-amino-alcohol motifs (C(OH)–C–C–N with tert-alkyl or cyclic N) is 1. The minimum atomic E-state index is -1.16. The second-order valence-electron chi connectivity index (χ2n) is 6.03. The van der Waals surface area contributed by atoms with Gasteiger partial charge in [0.25, 0.3) is 5.91 Å². The van der Waals surface area contributed by atoms with Crippen LogP contribution in [0.1, 0.15) is 36.3 Å². The number of nitrogens with zero attached hydrogens (tertiary/aromatic N) is 3. The van der Waals surface area contributed by atoms with Crippen molar-refractivity contribution in [2.24, 2.45) is 0 Å². The van der Waals surface area contributed by atoms with Gasteiger partial charge in [-0.2, -0.15) is 15.4 Å². The van der Waals surface area contributed by atoms with Crippen LogP contribution < -0.4 is 4.74 Å². The number of ether oxygens (including phenoxy) is 1. The first-order chi connectivity index (χ1) is 11.0. The van der Waals surface area contributed by atoms with Gasteiger partial charge in [-0.15, -0.1) is 0 Å². The number of carbonyl (C=O) groups is 1. The molecule has 1 aliphatic rings. The zero-order valence-corrected chi connectivity index (χ0v) is 13.2. The molecule has 2 N–H and O–H groups in total. The third kappa shape index (κ3) is 3.05. The van der Waals surface area contributed by atoms with Crippen molar-refractivity contribution in [1.82, 2.24) is 20.3 Å². The van der Waals surface area contributed by atoms with Crippen LogP contribution in [0.25, 0.3) is 0 Å². The molecule has 1 aromatic heterocycles. The normalized spacial score (nSPS) is 21.0. The Morgan fingerprint density at radius 1 is 1.43 bits per heavy atom. The summed E-state index contributed by atoms with van der Waals surface area (Å²) in [5, 5.41) is 20.9. The molecule has 2 heterocycles. The lowest BCUT2D eigenvalue weighted by Gasteiger charge is -2.22. The molecule has 0 saturated carbocycles. The van der Waals surface area contributed by atoms with Crippen LogP contribution in [0.15, 0.2) is 30.5 Å². The topological polar surface area (TPSA) is 91.3 Å². The standard InChI is InChI=1S/C16H20N4O3/c1-11(2)23-13-6-4-3-5-12(13)15(21)20-8-7-16(22,10-20)14-9-17-19-18-14/h3-6,9,11,22H,7-8,10H2,1-2H3,(H,17,18,19)/t16-/m0/s1. The molecule has 0 bridgehead atoms. The van der Waals surface area contributed by atoms with Crippen molar-refractivity contribution in [3.8, 4) is 5.75 Å². The molecule has 1 amide bonds. The van der Waals surface area contributed by atoms with E-state index in [1.54, 1.807) is 23.1 Å². The Labute approximate surface area is 134 Å². The smallest absolute Gasteiger partial charge is 0.257 e. The number of nitrogens with one attached hydrogen (secondary N) is 1. The number of aromatic amines is 1. The van der Waals surface area contributed by atoms with Crippen LogP contribution in [0.3, 0.4) is 0 Å². The largest absolute Gasteiger partial charge is 0.490 e. The molecule has 23 heavy (non-hydrogen) atoms. The average Bonchev–Trinajstić information content (AvgIpc) is 3.17. The number of hydrogen-bond acceptors (Lipinski definition) is 5. The van der Waals surface area contributed by atoms with E-state index < -0.39 is 5.60 Å². The molecule has 2 aromatic rings. The first-order valence-electron chi connectivity index (χ1n) is 7.63. The van der Waals surface area contributed by atoms with Gasteiger partial charge in [0.2, 0.25) is 0 Å². The summed E-state index contributed by atoms with van der Waals surface area (Å²) in [6, 6.07) is 7.17. The van der Waals surface area contributed by atoms with Gasteiger partial charge < -0.3 is 14.7 Å². The van der Waals surface area contributed by atoms with Gasteiger partial charge in [-0.3, -0.25) is 4.79 Å². The van der Waals surface area contributed by atoms with Gasteiger partial charge in [-0.25, -0.2) is 0 Å². The highest BCUT2D eigenvalue weighted by molar-refractivity contribution is 5.97. The predicted octanol–water partition coefficient (Wildman–Crippen LogP) is 1.33. The number of H-pyrrole nitrogens is 1. The van der Waals surface area contributed by atoms with Crippen LogP contribution in [0, 0.1) is 0 Å². The SMILES string of the molecule is CC(C)Oc1ccccc1C(=O)N1CC[C@@](O)(c2cn[nH]n2)C1. The maximum atomic E-state index is 12.8. The van der Waals surface area contributed by atoms with Gasteiger partial charge >= 0.3 is 0 Å². The molecular formula is C16H20N4O3. The lowest BCUT2D eigenvalue weighted by atomic mass is 10.00. The Balaban J connectivity index is 1.80. The minimum Gasteiger partial charge on any atom is -0.490 e. The van der Waals surface area contributed by atoms with Gasteiger partial charge in [-0.05, 0) is 26.0 Å². The minimum absolute atomic E-state index is 0.0189. The van der Waals surface area contributed by atoms with E-state index in [-0.39, 0.29) is 18.6 Å². The van der Waals surface area contributed by atoms with E-state index in [9.17, 15) is 9.90 Å². The Morgan fingerprint density at radius 2 is 2.22 bits per heavy atom. The van der Waals surface area contributed by atoms with E-state index in [1.165, 1.54) is 6.20 Å². The zero-order valence-electron chi connectivity index (χ0n) is 13.2. The average molecular weight is 316 g/mol. The lowest BCUT2D eigenvalue weighted by molar-refractivity contribution is 0.0380. The van der Waals surface area contributed by atoms with Crippen LogP contribution in [0.4, 0.5) is 0 Å². The molecule has 3 rings (SSSR count). The Morgan fingerprint density at radius 3 is 2.91 bits per heavy atom. The molecule has 0 unspecified atom stereocenters. The Hall–Kier alpha value is -2.41. The van der Waals surface area contributed by atoms with Gasteiger partial charge in [0.15, 0.2) is 0 Å². The van der Waals surface area contributed by atoms with Crippen molar-refractivity contribution in [2.75, 3.05) is 13.1 Å². The highest BCUT2D eigenvalue weighted by Gasteiger charge is 2.42. The maximum absolute atomic E-state index is 12.8. The highest BCUT2D eigenvalue weighted by Crippen LogP contribution is 2.32. The number of aliphatic hydroxyl groups is 1. The molecular weight excluding hydrogens is 296 g/mol. The fraction of sp³-hybridized carbons (Fsp3) is 0.438. The van der Waals surface area contributed by atoms with E-state index >= 15 is 0 Å². The summed E-state index contributed by atoms with van der Waals surface area (Å²) in [7, 11) is 0. The number of aromatic nitrogens is 3. The van der Waals surface area contributed by atoms with E-state index in [2.05, 4.69) is 15.4 Å². The fourth-order valence-electron chi connectivity index (χ4n) is 2.77. The first-order valence-corrected chi connectivity index (χ1v) is 7.63. The highest BCUT2D eigenvalue weighted by atomic mass is 16.5. The molecule has 0 aliphatic carbocycles. The van der Waals surface area contributed by atoms with Crippen molar-refractivity contribution in [2.45, 2.75) is 32.0 Å². The van der Waals surface area contributed by atoms with Crippen molar-refractivity contribution in [3.63, 3.8) is 0 Å². The summed E-state index contributed by atoms with van der Waals surface area (Å²) < 4.78 is 5.71. The van der Waals surface area contributed by atoms with Gasteiger partial charge in [0.1, 0.15) is 17.0 Å². The second-order valence-corrected chi connectivity index (χ2v) is 6.03. The number of amides is 1. The monoisotopic (exact) mass is 316 g/mol. The Bertz CT molecular complexity index is 686. The van der Waals surface area contributed by atoms with E-state index in [0.717, 1.165) is 0 Å². The molecule has 0 radical (unpaired) electrons. The second kappa shape index (κ2) is 6.00. The molecule has 122 valence electrons. The maximum Gasteiger partial charge on any atom is 0.257 e. The molecule has 1 saturated heterocycles. The van der Waals surface area contributed by atoms with Crippen LogP contribution >= 0.6 is 0 Å². The summed E-state index contributed by atoms with van der Waals surface area (Å²) in [5.74, 6) is 0.407. The Kier molecular flexibility index (Phi) is 4.04. The molecule has 7 nitrogen and oxygen atoms in total. The molecule has 0 spiro atoms. The van der Waals surface area contributed by atoms with Crippen molar-refractivity contribution >= 4 is 5.91 Å². The molecule has 1 fully saturated rings. The van der Waals surface area contributed by atoms with Gasteiger partial charge in [0, 0.05) is 13.0 Å². The number of rotatable bonds is 4. The number of benzene rings is 1. The van der Waals surface area contributed by atoms with Crippen molar-refractivity contribution in [3.05, 3.63) is 41.7 Å². The van der Waals surface area contributed by atoms with Crippen molar-refractivity contribution in [1.29, 1.82) is 0 Å². The first kappa shape index (κ1) is 15.5.